The summed E-state index contributed by atoms with van der Waals surface area (Å²) in [6, 6.07) is 0. The molecule has 0 aromatic rings. The molecule has 0 aromatic carbocycles. The predicted octanol–water partition coefficient (Wildman–Crippen LogP) is 1.68. The number of aliphatic carboxylic acids is 2. The molecular weight excluding hydrogens is 184 g/mol. The van der Waals surface area contributed by atoms with Crippen molar-refractivity contribution >= 4 is 11.9 Å². The standard InChI is InChI=1S/C10H14O4/c1-2-3-4-5-6-7-8(9(11)12)10(13)14/h2-5,8H,6-7H2,1H3,(H,11,12)(H,13,14). The molecule has 0 saturated carbocycles. The Morgan fingerprint density at radius 1 is 1.21 bits per heavy atom. The van der Waals surface area contributed by atoms with Gasteiger partial charge >= 0.3 is 11.9 Å². The molecule has 0 unspecified atom stereocenters. The lowest BCUT2D eigenvalue weighted by Crippen LogP contribution is -2.22. The zero-order valence-electron chi connectivity index (χ0n) is 8.01. The zero-order valence-corrected chi connectivity index (χ0v) is 8.01. The molecule has 0 heterocycles. The Balaban J connectivity index is 3.95. The van der Waals surface area contributed by atoms with E-state index in [4.69, 9.17) is 10.2 Å². The van der Waals surface area contributed by atoms with Crippen LogP contribution in [0.25, 0.3) is 0 Å². The Morgan fingerprint density at radius 2 is 1.79 bits per heavy atom. The van der Waals surface area contributed by atoms with Gasteiger partial charge < -0.3 is 10.2 Å². The molecule has 0 spiro atoms. The van der Waals surface area contributed by atoms with Crippen LogP contribution < -0.4 is 0 Å². The average Bonchev–Trinajstić information content (AvgIpc) is 2.09. The smallest absolute Gasteiger partial charge is 0.317 e. The topological polar surface area (TPSA) is 74.6 Å². The first-order valence-electron chi connectivity index (χ1n) is 4.33. The van der Waals surface area contributed by atoms with Crippen LogP contribution in [0.1, 0.15) is 19.8 Å². The van der Waals surface area contributed by atoms with Gasteiger partial charge in [-0.25, -0.2) is 0 Å². The first kappa shape index (κ1) is 12.4. The van der Waals surface area contributed by atoms with Crippen molar-refractivity contribution in [2.75, 3.05) is 0 Å². The summed E-state index contributed by atoms with van der Waals surface area (Å²) in [5.74, 6) is -3.86. The predicted molar refractivity (Wildman–Crippen MR) is 51.9 cm³/mol. The molecule has 0 radical (unpaired) electrons. The maximum Gasteiger partial charge on any atom is 0.317 e. The maximum absolute atomic E-state index is 10.4. The van der Waals surface area contributed by atoms with Gasteiger partial charge in [-0.2, -0.15) is 0 Å². The second kappa shape index (κ2) is 6.88. The average molecular weight is 198 g/mol. The van der Waals surface area contributed by atoms with Crippen LogP contribution in [0.2, 0.25) is 0 Å². The van der Waals surface area contributed by atoms with Gasteiger partial charge in [0.05, 0.1) is 0 Å². The molecule has 0 aliphatic heterocycles. The number of hydrogen-bond donors (Lipinski definition) is 2. The fourth-order valence-corrected chi connectivity index (χ4v) is 0.901. The Kier molecular flexibility index (Phi) is 6.11. The Hall–Kier alpha value is -1.58. The number of carboxylic acid groups (broad SMARTS) is 2. The van der Waals surface area contributed by atoms with Crippen LogP contribution in [-0.2, 0) is 9.59 Å². The normalized spacial score (nSPS) is 11.6. The number of hydrogen-bond acceptors (Lipinski definition) is 2. The number of carbonyl (C=O) groups is 2. The molecule has 0 atom stereocenters. The monoisotopic (exact) mass is 198 g/mol. The highest BCUT2D eigenvalue weighted by atomic mass is 16.4. The molecule has 4 heteroatoms. The molecular formula is C10H14O4. The van der Waals surface area contributed by atoms with Crippen molar-refractivity contribution in [3.63, 3.8) is 0 Å². The van der Waals surface area contributed by atoms with E-state index in [-0.39, 0.29) is 6.42 Å². The number of carboxylic acids is 2. The van der Waals surface area contributed by atoms with E-state index in [9.17, 15) is 9.59 Å². The maximum atomic E-state index is 10.4. The molecule has 78 valence electrons. The van der Waals surface area contributed by atoms with Gasteiger partial charge in [0.15, 0.2) is 5.92 Å². The SMILES string of the molecule is CC=CC=CCCC(C(=O)O)C(=O)O. The summed E-state index contributed by atoms with van der Waals surface area (Å²) < 4.78 is 0. The number of rotatable bonds is 6. The molecule has 0 aliphatic rings. The molecule has 0 amide bonds. The van der Waals surface area contributed by atoms with Crippen LogP contribution >= 0.6 is 0 Å². The summed E-state index contributed by atoms with van der Waals surface area (Å²) in [6.07, 6.45) is 7.73. The minimum absolute atomic E-state index is 0.124. The van der Waals surface area contributed by atoms with Crippen LogP contribution in [0.5, 0.6) is 0 Å². The highest BCUT2D eigenvalue weighted by Crippen LogP contribution is 2.07. The van der Waals surface area contributed by atoms with Gasteiger partial charge in [0.1, 0.15) is 0 Å². The van der Waals surface area contributed by atoms with Crippen molar-refractivity contribution in [1.29, 1.82) is 0 Å². The fraction of sp³-hybridized carbons (Fsp3) is 0.400. The van der Waals surface area contributed by atoms with Gasteiger partial charge in [-0.1, -0.05) is 24.3 Å². The largest absolute Gasteiger partial charge is 0.481 e. The summed E-state index contributed by atoms with van der Waals surface area (Å²) in [4.78, 5) is 20.9. The second-order valence-electron chi connectivity index (χ2n) is 2.76. The quantitative estimate of drug-likeness (QED) is 0.503. The first-order chi connectivity index (χ1) is 6.59. The molecule has 0 saturated heterocycles. The van der Waals surface area contributed by atoms with Crippen LogP contribution in [-0.4, -0.2) is 22.2 Å². The summed E-state index contributed by atoms with van der Waals surface area (Å²) in [5.41, 5.74) is 0. The third-order valence-electron chi connectivity index (χ3n) is 1.66. The van der Waals surface area contributed by atoms with E-state index in [1.807, 2.05) is 13.0 Å². The van der Waals surface area contributed by atoms with Gasteiger partial charge in [0.2, 0.25) is 0 Å². The van der Waals surface area contributed by atoms with Gasteiger partial charge in [0.25, 0.3) is 0 Å². The minimum Gasteiger partial charge on any atom is -0.481 e. The van der Waals surface area contributed by atoms with Gasteiger partial charge in [0, 0.05) is 0 Å². The van der Waals surface area contributed by atoms with Crippen LogP contribution in [0.4, 0.5) is 0 Å². The molecule has 0 aromatic heterocycles. The van der Waals surface area contributed by atoms with E-state index >= 15 is 0 Å². The van der Waals surface area contributed by atoms with Gasteiger partial charge in [-0.3, -0.25) is 9.59 Å². The van der Waals surface area contributed by atoms with E-state index in [2.05, 4.69) is 0 Å². The number of allylic oxidation sites excluding steroid dienone is 4. The van der Waals surface area contributed by atoms with Crippen molar-refractivity contribution in [1.82, 2.24) is 0 Å². The first-order valence-corrected chi connectivity index (χ1v) is 4.33. The zero-order chi connectivity index (χ0) is 11.0. The summed E-state index contributed by atoms with van der Waals surface area (Å²) in [7, 11) is 0. The van der Waals surface area contributed by atoms with Crippen molar-refractivity contribution in [3.05, 3.63) is 24.3 Å². The Bertz CT molecular complexity index is 239. The lowest BCUT2D eigenvalue weighted by atomic mass is 10.0. The summed E-state index contributed by atoms with van der Waals surface area (Å²) >= 11 is 0. The van der Waals surface area contributed by atoms with E-state index < -0.39 is 17.9 Å². The molecule has 2 N–H and O–H groups in total. The molecule has 0 aliphatic carbocycles. The second-order valence-corrected chi connectivity index (χ2v) is 2.76. The molecule has 0 bridgehead atoms. The van der Waals surface area contributed by atoms with Crippen LogP contribution in [0.15, 0.2) is 24.3 Å². The van der Waals surface area contributed by atoms with E-state index in [0.29, 0.717) is 6.42 Å². The lowest BCUT2D eigenvalue weighted by molar-refractivity contribution is -0.154. The fourth-order valence-electron chi connectivity index (χ4n) is 0.901. The molecule has 4 nitrogen and oxygen atoms in total. The Labute approximate surface area is 82.6 Å². The third-order valence-corrected chi connectivity index (χ3v) is 1.66. The van der Waals surface area contributed by atoms with Crippen molar-refractivity contribution in [2.45, 2.75) is 19.8 Å². The molecule has 0 rings (SSSR count). The highest BCUT2D eigenvalue weighted by molar-refractivity contribution is 5.92. The minimum atomic E-state index is -1.30. The summed E-state index contributed by atoms with van der Waals surface area (Å²) in [6.45, 7) is 1.86. The molecule has 0 fully saturated rings. The van der Waals surface area contributed by atoms with E-state index in [0.717, 1.165) is 0 Å². The van der Waals surface area contributed by atoms with E-state index in [1.54, 1.807) is 18.2 Å². The summed E-state index contributed by atoms with van der Waals surface area (Å²) in [5, 5.41) is 17.1. The van der Waals surface area contributed by atoms with Crippen molar-refractivity contribution in [2.24, 2.45) is 5.92 Å². The van der Waals surface area contributed by atoms with Crippen LogP contribution in [0, 0.1) is 5.92 Å². The van der Waals surface area contributed by atoms with E-state index in [1.165, 1.54) is 0 Å². The Morgan fingerprint density at radius 3 is 2.21 bits per heavy atom. The molecule has 14 heavy (non-hydrogen) atoms. The van der Waals surface area contributed by atoms with Crippen LogP contribution in [0.3, 0.4) is 0 Å². The van der Waals surface area contributed by atoms with Gasteiger partial charge in [-0.15, -0.1) is 0 Å². The van der Waals surface area contributed by atoms with Crippen molar-refractivity contribution in [3.8, 4) is 0 Å². The lowest BCUT2D eigenvalue weighted by Gasteiger charge is -2.03. The van der Waals surface area contributed by atoms with Gasteiger partial charge in [-0.05, 0) is 19.8 Å². The van der Waals surface area contributed by atoms with Crippen molar-refractivity contribution < 1.29 is 19.8 Å². The third kappa shape index (κ3) is 5.13. The highest BCUT2D eigenvalue weighted by Gasteiger charge is 2.24.